The van der Waals surface area contributed by atoms with Crippen LogP contribution >= 0.6 is 11.3 Å². The van der Waals surface area contributed by atoms with Crippen LogP contribution in [0.2, 0.25) is 0 Å². The van der Waals surface area contributed by atoms with Crippen molar-refractivity contribution in [2.24, 2.45) is 0 Å². The lowest BCUT2D eigenvalue weighted by molar-refractivity contribution is -0.115. The Labute approximate surface area is 207 Å². The second-order valence-corrected chi connectivity index (χ2v) is 8.36. The van der Waals surface area contributed by atoms with Gasteiger partial charge in [-0.15, -0.1) is 11.3 Å². The minimum Gasteiger partial charge on any atom is -0.495 e. The SMILES string of the molecule is COc1ccccc1N(C(C)=O)c1nc(COC(=O)c2cccc(OCc3ccccc3)c2)cs1. The Morgan fingerprint density at radius 3 is 2.49 bits per heavy atom. The summed E-state index contributed by atoms with van der Waals surface area (Å²) in [6, 6.07) is 23.9. The van der Waals surface area contributed by atoms with Gasteiger partial charge < -0.3 is 14.2 Å². The second kappa shape index (κ2) is 11.3. The number of aromatic nitrogens is 1. The standard InChI is InChI=1S/C27H24N2O5S/c1-19(30)29(24-13-6-7-14-25(24)32-2)27-28-22(18-35-27)17-34-26(31)21-11-8-12-23(15-21)33-16-20-9-4-3-5-10-20/h3-15,18H,16-17H2,1-2H3. The van der Waals surface area contributed by atoms with Crippen LogP contribution in [0.3, 0.4) is 0 Å². The molecular formula is C27H24N2O5S. The molecular weight excluding hydrogens is 464 g/mol. The number of para-hydroxylation sites is 2. The Kier molecular flexibility index (Phi) is 7.74. The van der Waals surface area contributed by atoms with E-state index in [1.165, 1.54) is 23.2 Å². The Hall–Kier alpha value is -4.17. The van der Waals surface area contributed by atoms with E-state index >= 15 is 0 Å². The third-order valence-electron chi connectivity index (χ3n) is 5.04. The molecule has 0 aliphatic carbocycles. The van der Waals surface area contributed by atoms with Crippen LogP contribution < -0.4 is 14.4 Å². The van der Waals surface area contributed by atoms with Gasteiger partial charge in [-0.3, -0.25) is 9.69 Å². The minimum atomic E-state index is -0.488. The molecule has 4 rings (SSSR count). The highest BCUT2D eigenvalue weighted by Crippen LogP contribution is 2.35. The number of hydrogen-bond donors (Lipinski definition) is 0. The van der Waals surface area contributed by atoms with E-state index < -0.39 is 5.97 Å². The third-order valence-corrected chi connectivity index (χ3v) is 5.92. The summed E-state index contributed by atoms with van der Waals surface area (Å²) in [5, 5.41) is 2.22. The number of anilines is 2. The first-order valence-electron chi connectivity index (χ1n) is 10.9. The van der Waals surface area contributed by atoms with Gasteiger partial charge in [-0.05, 0) is 35.9 Å². The predicted octanol–water partition coefficient (Wildman–Crippen LogP) is 5.77. The lowest BCUT2D eigenvalue weighted by Crippen LogP contribution is -2.23. The summed E-state index contributed by atoms with van der Waals surface area (Å²) in [4.78, 5) is 31.0. The van der Waals surface area contributed by atoms with E-state index in [4.69, 9.17) is 14.2 Å². The number of ether oxygens (including phenoxy) is 3. The largest absolute Gasteiger partial charge is 0.495 e. The fourth-order valence-electron chi connectivity index (χ4n) is 3.36. The van der Waals surface area contributed by atoms with Gasteiger partial charge in [0.1, 0.15) is 24.7 Å². The van der Waals surface area contributed by atoms with Gasteiger partial charge in [-0.1, -0.05) is 48.5 Å². The van der Waals surface area contributed by atoms with Crippen molar-refractivity contribution < 1.29 is 23.8 Å². The van der Waals surface area contributed by atoms with Crippen LogP contribution in [0.25, 0.3) is 0 Å². The Morgan fingerprint density at radius 1 is 0.943 bits per heavy atom. The number of carbonyl (C=O) groups is 2. The number of thiazole rings is 1. The lowest BCUT2D eigenvalue weighted by atomic mass is 10.2. The van der Waals surface area contributed by atoms with Crippen molar-refractivity contribution >= 4 is 34.0 Å². The maximum Gasteiger partial charge on any atom is 0.338 e. The molecule has 0 fully saturated rings. The van der Waals surface area contributed by atoms with Gasteiger partial charge in [-0.25, -0.2) is 9.78 Å². The number of hydrogen-bond acceptors (Lipinski definition) is 7. The average Bonchev–Trinajstić information content (AvgIpc) is 3.35. The molecule has 35 heavy (non-hydrogen) atoms. The molecule has 8 heteroatoms. The number of rotatable bonds is 9. The molecule has 3 aromatic carbocycles. The van der Waals surface area contributed by atoms with Gasteiger partial charge in [0, 0.05) is 12.3 Å². The summed E-state index contributed by atoms with van der Waals surface area (Å²) in [6.45, 7) is 1.84. The normalized spacial score (nSPS) is 10.5. The van der Waals surface area contributed by atoms with Crippen LogP contribution in [-0.2, 0) is 22.7 Å². The molecule has 4 aromatic rings. The molecule has 178 valence electrons. The fraction of sp³-hybridized carbons (Fsp3) is 0.148. The number of methoxy groups -OCH3 is 1. The molecule has 0 N–H and O–H groups in total. The van der Waals surface area contributed by atoms with E-state index in [-0.39, 0.29) is 12.5 Å². The maximum absolute atomic E-state index is 12.6. The zero-order valence-electron chi connectivity index (χ0n) is 19.3. The van der Waals surface area contributed by atoms with Gasteiger partial charge >= 0.3 is 5.97 Å². The smallest absolute Gasteiger partial charge is 0.338 e. The van der Waals surface area contributed by atoms with Gasteiger partial charge in [0.15, 0.2) is 5.13 Å². The highest BCUT2D eigenvalue weighted by molar-refractivity contribution is 7.14. The van der Waals surface area contributed by atoms with E-state index in [0.29, 0.717) is 40.2 Å². The average molecular weight is 489 g/mol. The topological polar surface area (TPSA) is 78.0 Å². The molecule has 0 aliphatic heterocycles. The summed E-state index contributed by atoms with van der Waals surface area (Å²) in [5.41, 5.74) is 2.54. The summed E-state index contributed by atoms with van der Waals surface area (Å²) in [5.74, 6) is 0.436. The summed E-state index contributed by atoms with van der Waals surface area (Å²) >= 11 is 1.28. The number of carbonyl (C=O) groups excluding carboxylic acids is 2. The Balaban J connectivity index is 1.40. The minimum absolute atomic E-state index is 0.0257. The van der Waals surface area contributed by atoms with E-state index in [2.05, 4.69) is 4.98 Å². The van der Waals surface area contributed by atoms with Crippen molar-refractivity contribution in [3.05, 3.63) is 101 Å². The van der Waals surface area contributed by atoms with Crippen LogP contribution in [-0.4, -0.2) is 24.0 Å². The molecule has 7 nitrogen and oxygen atoms in total. The zero-order valence-corrected chi connectivity index (χ0v) is 20.2. The van der Waals surface area contributed by atoms with Gasteiger partial charge in [0.2, 0.25) is 5.91 Å². The first kappa shape index (κ1) is 24.0. The van der Waals surface area contributed by atoms with Crippen molar-refractivity contribution in [1.82, 2.24) is 4.98 Å². The maximum atomic E-state index is 12.6. The molecule has 1 heterocycles. The second-order valence-electron chi connectivity index (χ2n) is 7.53. The molecule has 0 aliphatic rings. The highest BCUT2D eigenvalue weighted by Gasteiger charge is 2.21. The van der Waals surface area contributed by atoms with Crippen molar-refractivity contribution in [2.75, 3.05) is 12.0 Å². The number of benzene rings is 3. The molecule has 0 atom stereocenters. The van der Waals surface area contributed by atoms with E-state index in [1.54, 1.807) is 48.9 Å². The fourth-order valence-corrected chi connectivity index (χ4v) is 4.23. The number of esters is 1. The van der Waals surface area contributed by atoms with Gasteiger partial charge in [0.05, 0.1) is 24.1 Å². The Bertz CT molecular complexity index is 1310. The molecule has 0 bridgehead atoms. The van der Waals surface area contributed by atoms with Crippen LogP contribution in [0.5, 0.6) is 11.5 Å². The molecule has 0 spiro atoms. The number of nitrogens with zero attached hydrogens (tertiary/aromatic N) is 2. The predicted molar refractivity (Wildman–Crippen MR) is 134 cm³/mol. The van der Waals surface area contributed by atoms with Crippen molar-refractivity contribution in [2.45, 2.75) is 20.1 Å². The highest BCUT2D eigenvalue weighted by atomic mass is 32.1. The van der Waals surface area contributed by atoms with Crippen LogP contribution in [0.1, 0.15) is 28.5 Å². The number of amides is 1. The summed E-state index contributed by atoms with van der Waals surface area (Å²) in [7, 11) is 1.55. The third kappa shape index (κ3) is 6.04. The Morgan fingerprint density at radius 2 is 1.71 bits per heavy atom. The first-order valence-corrected chi connectivity index (χ1v) is 11.7. The van der Waals surface area contributed by atoms with Crippen LogP contribution in [0.4, 0.5) is 10.8 Å². The van der Waals surface area contributed by atoms with E-state index in [0.717, 1.165) is 5.56 Å². The lowest BCUT2D eigenvalue weighted by Gasteiger charge is -2.20. The summed E-state index contributed by atoms with van der Waals surface area (Å²) in [6.07, 6.45) is 0. The molecule has 1 aromatic heterocycles. The van der Waals surface area contributed by atoms with E-state index in [1.807, 2.05) is 42.5 Å². The van der Waals surface area contributed by atoms with Crippen LogP contribution in [0, 0.1) is 0 Å². The van der Waals surface area contributed by atoms with E-state index in [9.17, 15) is 9.59 Å². The first-order chi connectivity index (χ1) is 17.0. The quantitative estimate of drug-likeness (QED) is 0.278. The molecule has 0 radical (unpaired) electrons. The van der Waals surface area contributed by atoms with Crippen LogP contribution in [0.15, 0.2) is 84.2 Å². The van der Waals surface area contributed by atoms with Gasteiger partial charge in [-0.2, -0.15) is 0 Å². The molecule has 1 amide bonds. The summed E-state index contributed by atoms with van der Waals surface area (Å²) < 4.78 is 16.6. The molecule has 0 saturated heterocycles. The van der Waals surface area contributed by atoms with Crippen molar-refractivity contribution in [3.63, 3.8) is 0 Å². The molecule has 0 unspecified atom stereocenters. The monoisotopic (exact) mass is 488 g/mol. The zero-order chi connectivity index (χ0) is 24.6. The molecule has 0 saturated carbocycles. The van der Waals surface area contributed by atoms with Crippen molar-refractivity contribution in [1.29, 1.82) is 0 Å². The van der Waals surface area contributed by atoms with Gasteiger partial charge in [0.25, 0.3) is 0 Å². The van der Waals surface area contributed by atoms with Crippen molar-refractivity contribution in [3.8, 4) is 11.5 Å².